The van der Waals surface area contributed by atoms with E-state index in [1.54, 1.807) is 11.3 Å². The molecular weight excluding hydrogens is 326 g/mol. The molecule has 0 aliphatic carbocycles. The third kappa shape index (κ3) is 2.34. The van der Waals surface area contributed by atoms with Crippen LogP contribution >= 0.6 is 11.3 Å². The van der Waals surface area contributed by atoms with E-state index in [9.17, 15) is 0 Å². The summed E-state index contributed by atoms with van der Waals surface area (Å²) < 4.78 is 3.34. The van der Waals surface area contributed by atoms with Crippen LogP contribution < -0.4 is 0 Å². The van der Waals surface area contributed by atoms with Crippen molar-refractivity contribution in [2.75, 3.05) is 0 Å². The lowest BCUT2D eigenvalue weighted by atomic mass is 10.1. The first-order valence-corrected chi connectivity index (χ1v) is 9.01. The summed E-state index contributed by atoms with van der Waals surface area (Å²) in [5.74, 6) is 0. The van der Waals surface area contributed by atoms with Crippen LogP contribution in [0.1, 0.15) is 5.56 Å². The van der Waals surface area contributed by atoms with Crippen molar-refractivity contribution in [3.63, 3.8) is 0 Å². The lowest BCUT2D eigenvalue weighted by Crippen LogP contribution is -1.89. The molecule has 0 amide bonds. The molecule has 120 valence electrons. The Morgan fingerprint density at radius 2 is 1.68 bits per heavy atom. The molecule has 0 atom stereocenters. The van der Waals surface area contributed by atoms with Crippen molar-refractivity contribution in [1.29, 1.82) is 0 Å². The maximum atomic E-state index is 4.92. The van der Waals surface area contributed by atoms with E-state index >= 15 is 0 Å². The van der Waals surface area contributed by atoms with Crippen molar-refractivity contribution >= 4 is 27.2 Å². The minimum atomic E-state index is 0.952. The van der Waals surface area contributed by atoms with Gasteiger partial charge in [-0.15, -0.1) is 11.3 Å². The van der Waals surface area contributed by atoms with Gasteiger partial charge in [-0.05, 0) is 36.8 Å². The van der Waals surface area contributed by atoms with E-state index in [-0.39, 0.29) is 0 Å². The van der Waals surface area contributed by atoms with Crippen LogP contribution in [0.5, 0.6) is 0 Å². The highest BCUT2D eigenvalue weighted by molar-refractivity contribution is 7.21. The molecule has 2 aromatic carbocycles. The zero-order valence-electron chi connectivity index (χ0n) is 13.7. The summed E-state index contributed by atoms with van der Waals surface area (Å²) in [7, 11) is 0. The van der Waals surface area contributed by atoms with Gasteiger partial charge in [-0.25, -0.2) is 9.97 Å². The van der Waals surface area contributed by atoms with E-state index in [4.69, 9.17) is 9.97 Å². The van der Waals surface area contributed by atoms with Crippen LogP contribution in [-0.2, 0) is 0 Å². The Hall–Kier alpha value is -2.98. The van der Waals surface area contributed by atoms with Gasteiger partial charge in [0.2, 0.25) is 0 Å². The van der Waals surface area contributed by atoms with Crippen LogP contribution in [0.15, 0.2) is 72.9 Å². The molecule has 0 unspecified atom stereocenters. The number of aromatic nitrogens is 3. The molecule has 25 heavy (non-hydrogen) atoms. The van der Waals surface area contributed by atoms with Crippen LogP contribution in [0.2, 0.25) is 0 Å². The van der Waals surface area contributed by atoms with Crippen LogP contribution in [0, 0.1) is 6.92 Å². The van der Waals surface area contributed by atoms with Crippen molar-refractivity contribution in [2.24, 2.45) is 0 Å². The van der Waals surface area contributed by atoms with E-state index in [2.05, 4.69) is 60.0 Å². The van der Waals surface area contributed by atoms with Crippen LogP contribution in [0.25, 0.3) is 37.8 Å². The Labute approximate surface area is 149 Å². The molecule has 0 saturated heterocycles. The molecule has 0 saturated carbocycles. The molecular formula is C21H15N3S. The second-order valence-electron chi connectivity index (χ2n) is 6.09. The number of pyridine rings is 1. The first-order chi connectivity index (χ1) is 12.3. The Balaban J connectivity index is 1.86. The van der Waals surface area contributed by atoms with E-state index in [0.717, 1.165) is 33.1 Å². The molecule has 0 spiro atoms. The van der Waals surface area contributed by atoms with Crippen molar-refractivity contribution in [3.8, 4) is 22.0 Å². The molecule has 5 rings (SSSR count). The highest BCUT2D eigenvalue weighted by atomic mass is 32.1. The third-order valence-corrected chi connectivity index (χ3v) is 5.37. The second-order valence-corrected chi connectivity index (χ2v) is 7.12. The van der Waals surface area contributed by atoms with Crippen LogP contribution in [0.3, 0.4) is 0 Å². The smallest absolute Gasteiger partial charge is 0.143 e. The SMILES string of the molecule is Cc1ccn2c(-c3nc4ccccc4s3)c(-c3ccccc3)nc2c1. The first-order valence-electron chi connectivity index (χ1n) is 8.20. The summed E-state index contributed by atoms with van der Waals surface area (Å²) in [6, 6.07) is 22.8. The highest BCUT2D eigenvalue weighted by Gasteiger charge is 2.19. The Morgan fingerprint density at radius 3 is 2.52 bits per heavy atom. The lowest BCUT2D eigenvalue weighted by molar-refractivity contribution is 1.17. The summed E-state index contributed by atoms with van der Waals surface area (Å²) in [6.45, 7) is 2.09. The number of rotatable bonds is 2. The zero-order chi connectivity index (χ0) is 16.8. The van der Waals surface area contributed by atoms with Gasteiger partial charge in [0.1, 0.15) is 16.3 Å². The number of fused-ring (bicyclic) bond motifs is 2. The zero-order valence-corrected chi connectivity index (χ0v) is 14.5. The maximum Gasteiger partial charge on any atom is 0.143 e. The topological polar surface area (TPSA) is 30.2 Å². The standard InChI is InChI=1S/C21H15N3S/c1-14-11-12-24-18(13-14)23-19(15-7-3-2-4-8-15)20(24)21-22-16-9-5-6-10-17(16)25-21/h2-13H,1H3. The average Bonchev–Trinajstić information content (AvgIpc) is 3.22. The largest absolute Gasteiger partial charge is 0.297 e. The van der Waals surface area contributed by atoms with Crippen LogP contribution in [0.4, 0.5) is 0 Å². The normalized spacial score (nSPS) is 11.4. The lowest BCUT2D eigenvalue weighted by Gasteiger charge is -2.02. The second kappa shape index (κ2) is 5.53. The van der Waals surface area contributed by atoms with Gasteiger partial charge in [0.25, 0.3) is 0 Å². The minimum absolute atomic E-state index is 0.952. The summed E-state index contributed by atoms with van der Waals surface area (Å²) in [6.07, 6.45) is 2.09. The molecule has 0 radical (unpaired) electrons. The van der Waals surface area contributed by atoms with E-state index < -0.39 is 0 Å². The molecule has 4 heteroatoms. The molecule has 3 heterocycles. The fourth-order valence-corrected chi connectivity index (χ4v) is 4.13. The molecule has 3 aromatic heterocycles. The summed E-state index contributed by atoms with van der Waals surface area (Å²) in [5, 5.41) is 0.997. The molecule has 0 aliphatic rings. The number of para-hydroxylation sites is 1. The Kier molecular flexibility index (Phi) is 3.18. The molecule has 0 bridgehead atoms. The summed E-state index contributed by atoms with van der Waals surface area (Å²) >= 11 is 1.71. The van der Waals surface area contributed by atoms with Gasteiger partial charge in [0.15, 0.2) is 0 Å². The number of benzene rings is 2. The van der Waals surface area contributed by atoms with Gasteiger partial charge in [-0.2, -0.15) is 0 Å². The maximum absolute atomic E-state index is 4.92. The number of hydrogen-bond acceptors (Lipinski definition) is 3. The molecule has 3 nitrogen and oxygen atoms in total. The average molecular weight is 341 g/mol. The van der Waals surface area contributed by atoms with Crippen LogP contribution in [-0.4, -0.2) is 14.4 Å². The van der Waals surface area contributed by atoms with E-state index in [0.29, 0.717) is 0 Å². The van der Waals surface area contributed by atoms with Gasteiger partial charge in [0.05, 0.1) is 15.9 Å². The van der Waals surface area contributed by atoms with Gasteiger partial charge in [-0.1, -0.05) is 42.5 Å². The van der Waals surface area contributed by atoms with E-state index in [1.807, 2.05) is 24.3 Å². The van der Waals surface area contributed by atoms with Crippen molar-refractivity contribution in [3.05, 3.63) is 78.5 Å². The quantitative estimate of drug-likeness (QED) is 0.419. The third-order valence-electron chi connectivity index (χ3n) is 4.33. The predicted molar refractivity (Wildman–Crippen MR) is 104 cm³/mol. The minimum Gasteiger partial charge on any atom is -0.297 e. The fraction of sp³-hybridized carbons (Fsp3) is 0.0476. The Morgan fingerprint density at radius 1 is 0.880 bits per heavy atom. The predicted octanol–water partition coefficient (Wildman–Crippen LogP) is 5.59. The Bertz CT molecular complexity index is 1170. The number of aryl methyl sites for hydroxylation is 1. The summed E-state index contributed by atoms with van der Waals surface area (Å²) in [5.41, 5.74) is 6.33. The molecule has 0 aliphatic heterocycles. The van der Waals surface area contributed by atoms with Gasteiger partial charge in [-0.3, -0.25) is 4.40 Å². The first kappa shape index (κ1) is 14.4. The van der Waals surface area contributed by atoms with Gasteiger partial charge >= 0.3 is 0 Å². The number of imidazole rings is 1. The number of nitrogens with zero attached hydrogens (tertiary/aromatic N) is 3. The summed E-state index contributed by atoms with van der Waals surface area (Å²) in [4.78, 5) is 9.79. The van der Waals surface area contributed by atoms with Crippen molar-refractivity contribution in [2.45, 2.75) is 6.92 Å². The molecule has 5 aromatic rings. The monoisotopic (exact) mass is 341 g/mol. The fourth-order valence-electron chi connectivity index (χ4n) is 3.12. The molecule has 0 fully saturated rings. The van der Waals surface area contributed by atoms with Crippen molar-refractivity contribution in [1.82, 2.24) is 14.4 Å². The highest BCUT2D eigenvalue weighted by Crippen LogP contribution is 2.37. The number of thiazole rings is 1. The molecule has 0 N–H and O–H groups in total. The van der Waals surface area contributed by atoms with Crippen molar-refractivity contribution < 1.29 is 0 Å². The van der Waals surface area contributed by atoms with E-state index in [1.165, 1.54) is 10.3 Å². The van der Waals surface area contributed by atoms with Gasteiger partial charge in [0, 0.05) is 11.8 Å². The number of hydrogen-bond donors (Lipinski definition) is 0. The van der Waals surface area contributed by atoms with Gasteiger partial charge < -0.3 is 0 Å².